The lowest BCUT2D eigenvalue weighted by molar-refractivity contribution is -0.137. The van der Waals surface area contributed by atoms with Gasteiger partial charge in [-0.2, -0.15) is 13.2 Å². The van der Waals surface area contributed by atoms with Crippen molar-refractivity contribution in [2.24, 2.45) is 10.9 Å². The van der Waals surface area contributed by atoms with E-state index in [0.717, 1.165) is 24.5 Å². The van der Waals surface area contributed by atoms with Gasteiger partial charge >= 0.3 is 6.18 Å². The molecule has 0 atom stereocenters. The normalized spacial score (nSPS) is 19.5. The number of benzene rings is 1. The molecule has 37 heavy (non-hydrogen) atoms. The largest absolute Gasteiger partial charge is 0.416 e. The molecule has 1 aliphatic heterocycles. The van der Waals surface area contributed by atoms with E-state index in [9.17, 15) is 22.8 Å². The number of hydrogen-bond acceptors (Lipinski definition) is 4. The highest BCUT2D eigenvalue weighted by molar-refractivity contribution is 6.01. The van der Waals surface area contributed by atoms with E-state index >= 15 is 0 Å². The number of nitrogens with one attached hydrogen (secondary N) is 1. The van der Waals surface area contributed by atoms with E-state index in [0.29, 0.717) is 57.1 Å². The van der Waals surface area contributed by atoms with Gasteiger partial charge in [0.05, 0.1) is 5.56 Å². The summed E-state index contributed by atoms with van der Waals surface area (Å²) in [5.74, 6) is 1.03. The number of rotatable bonds is 7. The quantitative estimate of drug-likeness (QED) is 0.452. The van der Waals surface area contributed by atoms with Crippen LogP contribution in [0.25, 0.3) is 0 Å². The summed E-state index contributed by atoms with van der Waals surface area (Å²) >= 11 is 0. The van der Waals surface area contributed by atoms with Gasteiger partial charge in [-0.1, -0.05) is 18.9 Å². The molecule has 0 radical (unpaired) electrons. The van der Waals surface area contributed by atoms with Crippen LogP contribution in [0.15, 0.2) is 53.7 Å². The molecular weight excluding hydrogens is 483 g/mol. The van der Waals surface area contributed by atoms with Crippen LogP contribution in [0.5, 0.6) is 0 Å². The minimum absolute atomic E-state index is 0.0438. The number of alkyl halides is 3. The van der Waals surface area contributed by atoms with Gasteiger partial charge in [0, 0.05) is 44.5 Å². The van der Waals surface area contributed by atoms with Gasteiger partial charge in [0.2, 0.25) is 5.91 Å². The van der Waals surface area contributed by atoms with E-state index in [1.807, 2.05) is 23.1 Å². The molecule has 2 aromatic rings. The first-order chi connectivity index (χ1) is 17.7. The molecule has 3 fully saturated rings. The van der Waals surface area contributed by atoms with Gasteiger partial charge in [0.15, 0.2) is 5.84 Å². The molecule has 1 aromatic carbocycles. The Bertz CT molecular complexity index is 1150. The molecule has 3 aliphatic rings. The third-order valence-corrected chi connectivity index (χ3v) is 7.22. The molecule has 2 amide bonds. The van der Waals surface area contributed by atoms with Gasteiger partial charge in [-0.05, 0) is 61.6 Å². The molecule has 0 unspecified atom stereocenters. The SMILES string of the molecule is O=C(c1ccc(C(F)(F)F)cc1)N1CCN(C(=NC2(C(=O)NCCC3CC3)CC2)c2ccccn2)CC1. The van der Waals surface area contributed by atoms with Crippen LogP contribution in [-0.2, 0) is 11.0 Å². The number of halogens is 3. The summed E-state index contributed by atoms with van der Waals surface area (Å²) in [6.45, 7) is 2.38. The molecule has 7 nitrogen and oxygen atoms in total. The number of carbonyl (C=O) groups excluding carboxylic acids is 2. The second-order valence-corrected chi connectivity index (χ2v) is 10.0. The smallest absolute Gasteiger partial charge is 0.354 e. The predicted octanol–water partition coefficient (Wildman–Crippen LogP) is 3.75. The number of aliphatic imine (C=N–C) groups is 1. The zero-order valence-electron chi connectivity index (χ0n) is 20.5. The third-order valence-electron chi connectivity index (χ3n) is 7.22. The van der Waals surface area contributed by atoms with Crippen LogP contribution in [0.3, 0.4) is 0 Å². The molecule has 0 bridgehead atoms. The number of pyridine rings is 1. The first-order valence-corrected chi connectivity index (χ1v) is 12.8. The zero-order chi connectivity index (χ0) is 26.0. The Morgan fingerprint density at radius 1 is 1.00 bits per heavy atom. The average molecular weight is 514 g/mol. The summed E-state index contributed by atoms with van der Waals surface area (Å²) < 4.78 is 38.6. The van der Waals surface area contributed by atoms with Crippen molar-refractivity contribution >= 4 is 17.6 Å². The van der Waals surface area contributed by atoms with Crippen LogP contribution >= 0.6 is 0 Å². The second kappa shape index (κ2) is 10.1. The van der Waals surface area contributed by atoms with Crippen molar-refractivity contribution in [2.45, 2.75) is 43.8 Å². The number of amides is 2. The van der Waals surface area contributed by atoms with Gasteiger partial charge in [0.25, 0.3) is 5.91 Å². The number of carbonyl (C=O) groups is 2. The number of nitrogens with zero attached hydrogens (tertiary/aromatic N) is 4. The van der Waals surface area contributed by atoms with E-state index in [4.69, 9.17) is 4.99 Å². The summed E-state index contributed by atoms with van der Waals surface area (Å²) in [7, 11) is 0. The van der Waals surface area contributed by atoms with Gasteiger partial charge in [-0.15, -0.1) is 0 Å². The third kappa shape index (κ3) is 5.94. The molecule has 1 N–H and O–H groups in total. The molecule has 2 heterocycles. The van der Waals surface area contributed by atoms with Crippen molar-refractivity contribution in [1.29, 1.82) is 0 Å². The first kappa shape index (κ1) is 25.2. The van der Waals surface area contributed by atoms with E-state index in [-0.39, 0.29) is 17.4 Å². The summed E-state index contributed by atoms with van der Waals surface area (Å²) in [5, 5.41) is 3.06. The Morgan fingerprint density at radius 2 is 1.68 bits per heavy atom. The molecule has 1 aromatic heterocycles. The number of aromatic nitrogens is 1. The zero-order valence-corrected chi connectivity index (χ0v) is 20.5. The fraction of sp³-hybridized carbons (Fsp3) is 0.481. The van der Waals surface area contributed by atoms with Crippen molar-refractivity contribution in [2.75, 3.05) is 32.7 Å². The highest BCUT2D eigenvalue weighted by Crippen LogP contribution is 2.41. The lowest BCUT2D eigenvalue weighted by atomic mass is 10.1. The Balaban J connectivity index is 1.27. The fourth-order valence-corrected chi connectivity index (χ4v) is 4.56. The summed E-state index contributed by atoms with van der Waals surface area (Å²) in [5.41, 5.74) is -0.665. The van der Waals surface area contributed by atoms with Crippen LogP contribution < -0.4 is 5.32 Å². The van der Waals surface area contributed by atoms with Crippen molar-refractivity contribution in [3.63, 3.8) is 0 Å². The summed E-state index contributed by atoms with van der Waals surface area (Å²) in [4.78, 5) is 39.0. The Hall–Kier alpha value is -3.43. The molecule has 0 spiro atoms. The number of piperazine rings is 1. The maximum atomic E-state index is 13.0. The topological polar surface area (TPSA) is 77.9 Å². The van der Waals surface area contributed by atoms with Gasteiger partial charge in [0.1, 0.15) is 11.2 Å². The van der Waals surface area contributed by atoms with Crippen LogP contribution in [0.4, 0.5) is 13.2 Å². The maximum Gasteiger partial charge on any atom is 0.416 e. The lowest BCUT2D eigenvalue weighted by Gasteiger charge is -2.36. The van der Waals surface area contributed by atoms with Crippen molar-refractivity contribution < 1.29 is 22.8 Å². The molecule has 2 saturated carbocycles. The maximum absolute atomic E-state index is 13.0. The lowest BCUT2D eigenvalue weighted by Crippen LogP contribution is -2.51. The van der Waals surface area contributed by atoms with Crippen molar-refractivity contribution in [1.82, 2.24) is 20.1 Å². The fourth-order valence-electron chi connectivity index (χ4n) is 4.56. The van der Waals surface area contributed by atoms with Crippen LogP contribution in [0, 0.1) is 5.92 Å². The minimum atomic E-state index is -4.44. The number of hydrogen-bond donors (Lipinski definition) is 1. The van der Waals surface area contributed by atoms with Crippen LogP contribution in [-0.4, -0.2) is 70.7 Å². The van der Waals surface area contributed by atoms with E-state index in [1.54, 1.807) is 11.1 Å². The molecular formula is C27H30F3N5O2. The molecule has 196 valence electrons. The molecule has 5 rings (SSSR count). The Labute approximate surface area is 213 Å². The average Bonchev–Trinajstić information content (AvgIpc) is 3.84. The van der Waals surface area contributed by atoms with E-state index < -0.39 is 17.3 Å². The highest BCUT2D eigenvalue weighted by Gasteiger charge is 2.51. The van der Waals surface area contributed by atoms with Gasteiger partial charge in [-0.3, -0.25) is 14.6 Å². The van der Waals surface area contributed by atoms with E-state index in [2.05, 4.69) is 10.3 Å². The standard InChI is InChI=1S/C27H30F3N5O2/c28-27(29,30)21-8-6-20(7-9-21)24(36)35-17-15-34(16-18-35)23(22-3-1-2-13-31-22)33-26(11-12-26)25(37)32-14-10-19-4-5-19/h1-3,6-9,13,19H,4-5,10-12,14-18H2,(H,32,37). The number of amidine groups is 1. The van der Waals surface area contributed by atoms with Crippen molar-refractivity contribution in [3.8, 4) is 0 Å². The monoisotopic (exact) mass is 513 g/mol. The van der Waals surface area contributed by atoms with Crippen molar-refractivity contribution in [3.05, 3.63) is 65.5 Å². The van der Waals surface area contributed by atoms with Crippen LogP contribution in [0.1, 0.15) is 53.7 Å². The molecule has 1 saturated heterocycles. The first-order valence-electron chi connectivity index (χ1n) is 12.8. The highest BCUT2D eigenvalue weighted by atomic mass is 19.4. The molecule has 10 heteroatoms. The minimum Gasteiger partial charge on any atom is -0.354 e. The van der Waals surface area contributed by atoms with E-state index in [1.165, 1.54) is 25.0 Å². The second-order valence-electron chi connectivity index (χ2n) is 10.0. The Kier molecular flexibility index (Phi) is 6.92. The summed E-state index contributed by atoms with van der Waals surface area (Å²) in [6, 6.07) is 9.85. The summed E-state index contributed by atoms with van der Waals surface area (Å²) in [6.07, 6.45) is 2.11. The Morgan fingerprint density at radius 3 is 2.24 bits per heavy atom. The van der Waals surface area contributed by atoms with Gasteiger partial charge < -0.3 is 15.1 Å². The molecule has 2 aliphatic carbocycles. The predicted molar refractivity (Wildman–Crippen MR) is 132 cm³/mol. The van der Waals surface area contributed by atoms with Crippen LogP contribution in [0.2, 0.25) is 0 Å². The van der Waals surface area contributed by atoms with Gasteiger partial charge in [-0.25, -0.2) is 4.99 Å².